The average Bonchev–Trinajstić information content (AvgIpc) is 2.49. The monoisotopic (exact) mass is 349 g/mol. The number of ether oxygens (including phenoxy) is 2. The molecular formula is C17H20BrNO2. The van der Waals surface area contributed by atoms with Gasteiger partial charge < -0.3 is 14.8 Å². The van der Waals surface area contributed by atoms with Gasteiger partial charge in [0, 0.05) is 11.0 Å². The zero-order valence-electron chi connectivity index (χ0n) is 12.1. The van der Waals surface area contributed by atoms with Gasteiger partial charge in [-0.15, -0.1) is 0 Å². The molecule has 0 heterocycles. The highest BCUT2D eigenvalue weighted by Crippen LogP contribution is 2.17. The van der Waals surface area contributed by atoms with Crippen molar-refractivity contribution < 1.29 is 9.47 Å². The zero-order chi connectivity index (χ0) is 14.9. The van der Waals surface area contributed by atoms with Crippen LogP contribution in [0.5, 0.6) is 5.75 Å². The lowest BCUT2D eigenvalue weighted by Crippen LogP contribution is -2.08. The normalized spacial score (nSPS) is 10.6. The van der Waals surface area contributed by atoms with Crippen LogP contribution in [0.4, 0.5) is 0 Å². The topological polar surface area (TPSA) is 30.5 Å². The maximum absolute atomic E-state index is 5.70. The molecule has 0 saturated heterocycles. The van der Waals surface area contributed by atoms with Gasteiger partial charge in [0.2, 0.25) is 0 Å². The second kappa shape index (κ2) is 8.82. The van der Waals surface area contributed by atoms with Gasteiger partial charge in [-0.3, -0.25) is 0 Å². The van der Waals surface area contributed by atoms with Gasteiger partial charge in [-0.25, -0.2) is 0 Å². The molecule has 0 bridgehead atoms. The van der Waals surface area contributed by atoms with E-state index in [1.807, 2.05) is 49.5 Å². The molecule has 0 aliphatic heterocycles. The van der Waals surface area contributed by atoms with Crippen LogP contribution in [0.2, 0.25) is 0 Å². The van der Waals surface area contributed by atoms with Crippen LogP contribution in [-0.4, -0.2) is 20.3 Å². The van der Waals surface area contributed by atoms with E-state index in [1.165, 1.54) is 5.56 Å². The molecule has 0 fully saturated rings. The Bertz CT molecular complexity index is 560. The van der Waals surface area contributed by atoms with Crippen molar-refractivity contribution in [1.82, 2.24) is 5.32 Å². The fourth-order valence-corrected chi connectivity index (χ4v) is 2.36. The van der Waals surface area contributed by atoms with E-state index in [9.17, 15) is 0 Å². The number of halogens is 1. The number of hydrogen-bond donors (Lipinski definition) is 1. The predicted octanol–water partition coefficient (Wildman–Crippen LogP) is 3.76. The van der Waals surface area contributed by atoms with E-state index in [2.05, 4.69) is 27.3 Å². The van der Waals surface area contributed by atoms with Crippen LogP contribution in [0.3, 0.4) is 0 Å². The van der Waals surface area contributed by atoms with Gasteiger partial charge in [-0.1, -0.05) is 46.3 Å². The minimum absolute atomic E-state index is 0.549. The molecule has 112 valence electrons. The smallest absolute Gasteiger partial charge is 0.119 e. The fraction of sp³-hybridized carbons (Fsp3) is 0.294. The molecule has 0 aromatic heterocycles. The molecule has 0 spiro atoms. The molecule has 1 N–H and O–H groups in total. The van der Waals surface area contributed by atoms with Crippen molar-refractivity contribution in [2.75, 3.05) is 20.3 Å². The maximum atomic E-state index is 5.70. The minimum atomic E-state index is 0.549. The van der Waals surface area contributed by atoms with E-state index in [0.717, 1.165) is 22.3 Å². The number of hydrogen-bond acceptors (Lipinski definition) is 3. The van der Waals surface area contributed by atoms with E-state index >= 15 is 0 Å². The highest BCUT2D eigenvalue weighted by molar-refractivity contribution is 9.10. The third kappa shape index (κ3) is 5.50. The zero-order valence-corrected chi connectivity index (χ0v) is 13.7. The van der Waals surface area contributed by atoms with Crippen LogP contribution >= 0.6 is 15.9 Å². The van der Waals surface area contributed by atoms with E-state index in [1.54, 1.807) is 0 Å². The first-order valence-corrected chi connectivity index (χ1v) is 7.76. The molecule has 2 aromatic rings. The van der Waals surface area contributed by atoms with Crippen LogP contribution in [0, 0.1) is 0 Å². The van der Waals surface area contributed by atoms with Gasteiger partial charge in [-0.05, 0) is 36.4 Å². The molecule has 0 amide bonds. The Kier molecular flexibility index (Phi) is 6.73. The summed E-state index contributed by atoms with van der Waals surface area (Å²) in [6.45, 7) is 2.55. The molecule has 2 rings (SSSR count). The highest BCUT2D eigenvalue weighted by atomic mass is 79.9. The standard InChI is InChI=1S/C17H20BrNO2/c1-19-12-14-5-4-7-16(11-14)21-10-9-20-13-15-6-2-3-8-17(15)18/h2-8,11,19H,9-10,12-13H2,1H3. The van der Waals surface area contributed by atoms with Crippen LogP contribution < -0.4 is 10.1 Å². The highest BCUT2D eigenvalue weighted by Gasteiger charge is 1.99. The summed E-state index contributed by atoms with van der Waals surface area (Å²) >= 11 is 3.51. The first-order chi connectivity index (χ1) is 10.3. The summed E-state index contributed by atoms with van der Waals surface area (Å²) in [5, 5.41) is 3.13. The Morgan fingerprint density at radius 1 is 1.05 bits per heavy atom. The molecule has 0 unspecified atom stereocenters. The molecule has 2 aromatic carbocycles. The van der Waals surface area contributed by atoms with E-state index < -0.39 is 0 Å². The molecule has 0 saturated carbocycles. The summed E-state index contributed by atoms with van der Waals surface area (Å²) in [5.41, 5.74) is 2.36. The van der Waals surface area contributed by atoms with Gasteiger partial charge in [0.15, 0.2) is 0 Å². The first-order valence-electron chi connectivity index (χ1n) is 6.97. The number of nitrogens with one attached hydrogen (secondary N) is 1. The van der Waals surface area contributed by atoms with Gasteiger partial charge in [0.05, 0.1) is 13.2 Å². The van der Waals surface area contributed by atoms with Crippen molar-refractivity contribution in [3.05, 3.63) is 64.1 Å². The average molecular weight is 350 g/mol. The van der Waals surface area contributed by atoms with Crippen molar-refractivity contribution in [1.29, 1.82) is 0 Å². The van der Waals surface area contributed by atoms with E-state index in [-0.39, 0.29) is 0 Å². The Morgan fingerprint density at radius 3 is 2.71 bits per heavy atom. The van der Waals surface area contributed by atoms with Gasteiger partial charge in [-0.2, -0.15) is 0 Å². The summed E-state index contributed by atoms with van der Waals surface area (Å²) in [5.74, 6) is 0.882. The Labute approximate surface area is 134 Å². The molecule has 0 aliphatic rings. The second-order valence-corrected chi connectivity index (χ2v) is 5.52. The number of rotatable bonds is 8. The third-order valence-electron chi connectivity index (χ3n) is 2.99. The van der Waals surface area contributed by atoms with Crippen molar-refractivity contribution in [2.45, 2.75) is 13.2 Å². The minimum Gasteiger partial charge on any atom is -0.491 e. The molecule has 3 nitrogen and oxygen atoms in total. The molecular weight excluding hydrogens is 330 g/mol. The molecule has 21 heavy (non-hydrogen) atoms. The summed E-state index contributed by atoms with van der Waals surface area (Å²) in [6, 6.07) is 16.2. The van der Waals surface area contributed by atoms with E-state index in [0.29, 0.717) is 19.8 Å². The second-order valence-electron chi connectivity index (χ2n) is 4.67. The Hall–Kier alpha value is -1.36. The van der Waals surface area contributed by atoms with Gasteiger partial charge in [0.1, 0.15) is 12.4 Å². The van der Waals surface area contributed by atoms with Crippen molar-refractivity contribution in [3.8, 4) is 5.75 Å². The van der Waals surface area contributed by atoms with Crippen molar-refractivity contribution >= 4 is 15.9 Å². The van der Waals surface area contributed by atoms with Crippen LogP contribution in [0.15, 0.2) is 53.0 Å². The first kappa shape index (κ1) is 16.0. The summed E-state index contributed by atoms with van der Waals surface area (Å²) < 4.78 is 12.4. The number of benzene rings is 2. The van der Waals surface area contributed by atoms with Crippen LogP contribution in [0.1, 0.15) is 11.1 Å². The lowest BCUT2D eigenvalue weighted by Gasteiger charge is -2.09. The SMILES string of the molecule is CNCc1cccc(OCCOCc2ccccc2Br)c1. The van der Waals surface area contributed by atoms with Crippen LogP contribution in [-0.2, 0) is 17.9 Å². The van der Waals surface area contributed by atoms with E-state index in [4.69, 9.17) is 9.47 Å². The van der Waals surface area contributed by atoms with Crippen molar-refractivity contribution in [2.24, 2.45) is 0 Å². The maximum Gasteiger partial charge on any atom is 0.119 e. The van der Waals surface area contributed by atoms with Crippen molar-refractivity contribution in [3.63, 3.8) is 0 Å². The lowest BCUT2D eigenvalue weighted by molar-refractivity contribution is 0.0886. The molecule has 0 atom stereocenters. The fourth-order valence-electron chi connectivity index (χ4n) is 1.97. The Morgan fingerprint density at radius 2 is 1.90 bits per heavy atom. The third-order valence-corrected chi connectivity index (χ3v) is 3.76. The molecule has 0 aliphatic carbocycles. The Balaban J connectivity index is 1.70. The van der Waals surface area contributed by atoms with Gasteiger partial charge in [0.25, 0.3) is 0 Å². The summed E-state index contributed by atoms with van der Waals surface area (Å²) in [6.07, 6.45) is 0. The predicted molar refractivity (Wildman–Crippen MR) is 88.5 cm³/mol. The quantitative estimate of drug-likeness (QED) is 0.736. The van der Waals surface area contributed by atoms with Crippen LogP contribution in [0.25, 0.3) is 0 Å². The van der Waals surface area contributed by atoms with Gasteiger partial charge >= 0.3 is 0 Å². The molecule has 4 heteroatoms. The molecule has 0 radical (unpaired) electrons. The summed E-state index contributed by atoms with van der Waals surface area (Å²) in [4.78, 5) is 0. The largest absolute Gasteiger partial charge is 0.491 e. The summed E-state index contributed by atoms with van der Waals surface area (Å²) in [7, 11) is 1.93. The lowest BCUT2D eigenvalue weighted by atomic mass is 10.2.